The third-order valence-electron chi connectivity index (χ3n) is 3.85. The Morgan fingerprint density at radius 3 is 2.19 bits per heavy atom. The maximum atomic E-state index is 13.7. The number of benzene rings is 2. The van der Waals surface area contributed by atoms with Gasteiger partial charge in [-0.15, -0.1) is 0 Å². The predicted octanol–water partition coefficient (Wildman–Crippen LogP) is 3.39. The number of esters is 2. The first-order chi connectivity index (χ1) is 13.0. The number of aromatic nitrogens is 2. The molecule has 0 saturated carbocycles. The molecule has 6 nitrogen and oxygen atoms in total. The highest BCUT2D eigenvalue weighted by Crippen LogP contribution is 2.30. The first-order valence-corrected chi connectivity index (χ1v) is 7.78. The van der Waals surface area contributed by atoms with Crippen LogP contribution in [-0.4, -0.2) is 35.9 Å². The Labute approximate surface area is 152 Å². The fraction of sp³-hybridized carbons (Fsp3) is 0.105. The summed E-state index contributed by atoms with van der Waals surface area (Å²) in [6, 6.07) is 11.6. The number of hydrogen-bond donors (Lipinski definition) is 0. The summed E-state index contributed by atoms with van der Waals surface area (Å²) in [4.78, 5) is 24.8. The summed E-state index contributed by atoms with van der Waals surface area (Å²) in [5.74, 6) is -3.86. The SMILES string of the molecule is COC(=O)c1c(-c2ccc(F)c(F)c2)nn(-c2ccccc2)c1C(=O)OC. The van der Waals surface area contributed by atoms with Crippen LogP contribution in [0.15, 0.2) is 48.5 Å². The van der Waals surface area contributed by atoms with Gasteiger partial charge in [0.1, 0.15) is 11.3 Å². The number of carbonyl (C=O) groups excluding carboxylic acids is 2. The largest absolute Gasteiger partial charge is 0.465 e. The number of carbonyl (C=O) groups is 2. The van der Waals surface area contributed by atoms with E-state index in [2.05, 4.69) is 5.10 Å². The number of nitrogens with zero attached hydrogens (tertiary/aromatic N) is 2. The van der Waals surface area contributed by atoms with Gasteiger partial charge in [-0.25, -0.2) is 23.1 Å². The van der Waals surface area contributed by atoms with Crippen LogP contribution in [0.3, 0.4) is 0 Å². The van der Waals surface area contributed by atoms with E-state index in [0.717, 1.165) is 26.4 Å². The zero-order valence-corrected chi connectivity index (χ0v) is 14.4. The van der Waals surface area contributed by atoms with Crippen LogP contribution in [0.2, 0.25) is 0 Å². The Bertz CT molecular complexity index is 1020. The standard InChI is InChI=1S/C19H14F2N2O4/c1-26-18(24)15-16(11-8-9-13(20)14(21)10-11)22-23(17(15)19(25)27-2)12-6-4-3-5-7-12/h3-10H,1-2H3. The molecule has 138 valence electrons. The molecule has 0 bridgehead atoms. The van der Waals surface area contributed by atoms with Crippen molar-refractivity contribution in [3.63, 3.8) is 0 Å². The van der Waals surface area contributed by atoms with Gasteiger partial charge in [-0.2, -0.15) is 5.10 Å². The zero-order chi connectivity index (χ0) is 19.6. The average molecular weight is 372 g/mol. The highest BCUT2D eigenvalue weighted by atomic mass is 19.2. The van der Waals surface area contributed by atoms with Gasteiger partial charge >= 0.3 is 11.9 Å². The van der Waals surface area contributed by atoms with Gasteiger partial charge in [-0.3, -0.25) is 0 Å². The molecule has 0 fully saturated rings. The van der Waals surface area contributed by atoms with Crippen LogP contribution >= 0.6 is 0 Å². The molecule has 0 N–H and O–H groups in total. The highest BCUT2D eigenvalue weighted by molar-refractivity contribution is 6.06. The summed E-state index contributed by atoms with van der Waals surface area (Å²) in [6.07, 6.45) is 0. The molecule has 1 heterocycles. The summed E-state index contributed by atoms with van der Waals surface area (Å²) in [6.45, 7) is 0. The molecular formula is C19H14F2N2O4. The average Bonchev–Trinajstić information content (AvgIpc) is 3.10. The van der Waals surface area contributed by atoms with E-state index in [1.807, 2.05) is 0 Å². The fourth-order valence-electron chi connectivity index (χ4n) is 2.60. The number of hydrogen-bond acceptors (Lipinski definition) is 5. The second-order valence-electron chi connectivity index (χ2n) is 5.43. The third-order valence-corrected chi connectivity index (χ3v) is 3.85. The highest BCUT2D eigenvalue weighted by Gasteiger charge is 2.31. The quantitative estimate of drug-likeness (QED) is 0.657. The van der Waals surface area contributed by atoms with E-state index in [1.165, 1.54) is 10.7 Å². The number of ether oxygens (including phenoxy) is 2. The van der Waals surface area contributed by atoms with E-state index >= 15 is 0 Å². The molecule has 0 aliphatic rings. The zero-order valence-electron chi connectivity index (χ0n) is 14.4. The lowest BCUT2D eigenvalue weighted by Gasteiger charge is -2.07. The van der Waals surface area contributed by atoms with Gasteiger partial charge in [0.15, 0.2) is 17.3 Å². The Hall–Kier alpha value is -3.55. The van der Waals surface area contributed by atoms with Crippen LogP contribution in [0.1, 0.15) is 20.8 Å². The van der Waals surface area contributed by atoms with Gasteiger partial charge in [0.05, 0.1) is 19.9 Å². The molecule has 3 aromatic rings. The molecule has 0 aliphatic carbocycles. The molecule has 3 rings (SSSR count). The Morgan fingerprint density at radius 1 is 0.926 bits per heavy atom. The van der Waals surface area contributed by atoms with E-state index in [4.69, 9.17) is 9.47 Å². The van der Waals surface area contributed by atoms with Crippen molar-refractivity contribution >= 4 is 11.9 Å². The number of para-hydroxylation sites is 1. The summed E-state index contributed by atoms with van der Waals surface area (Å²) >= 11 is 0. The molecule has 8 heteroatoms. The minimum atomic E-state index is -1.11. The monoisotopic (exact) mass is 372 g/mol. The van der Waals surface area contributed by atoms with Gasteiger partial charge in [0, 0.05) is 5.56 Å². The van der Waals surface area contributed by atoms with Crippen LogP contribution in [0.4, 0.5) is 8.78 Å². The molecule has 1 aromatic heterocycles. The van der Waals surface area contributed by atoms with Crippen molar-refractivity contribution < 1.29 is 27.8 Å². The second kappa shape index (κ2) is 7.36. The van der Waals surface area contributed by atoms with E-state index in [0.29, 0.717) is 5.69 Å². The third kappa shape index (κ3) is 3.29. The van der Waals surface area contributed by atoms with E-state index in [9.17, 15) is 18.4 Å². The van der Waals surface area contributed by atoms with Crippen molar-refractivity contribution in [2.24, 2.45) is 0 Å². The topological polar surface area (TPSA) is 70.4 Å². The van der Waals surface area contributed by atoms with E-state index in [1.54, 1.807) is 30.3 Å². The molecule has 0 amide bonds. The van der Waals surface area contributed by atoms with Crippen LogP contribution in [-0.2, 0) is 9.47 Å². The van der Waals surface area contributed by atoms with Crippen molar-refractivity contribution in [2.45, 2.75) is 0 Å². The number of halogens is 2. The fourth-order valence-corrected chi connectivity index (χ4v) is 2.60. The van der Waals surface area contributed by atoms with Crippen LogP contribution in [0.5, 0.6) is 0 Å². The Morgan fingerprint density at radius 2 is 1.59 bits per heavy atom. The smallest absolute Gasteiger partial charge is 0.357 e. The lowest BCUT2D eigenvalue weighted by molar-refractivity contribution is 0.0549. The van der Waals surface area contributed by atoms with Crippen LogP contribution in [0.25, 0.3) is 16.9 Å². The number of rotatable bonds is 4. The first-order valence-electron chi connectivity index (χ1n) is 7.78. The molecule has 27 heavy (non-hydrogen) atoms. The lowest BCUT2D eigenvalue weighted by atomic mass is 10.1. The molecule has 0 saturated heterocycles. The van der Waals surface area contributed by atoms with Crippen molar-refractivity contribution in [3.8, 4) is 16.9 Å². The lowest BCUT2D eigenvalue weighted by Crippen LogP contribution is -2.15. The van der Waals surface area contributed by atoms with Crippen molar-refractivity contribution in [1.29, 1.82) is 0 Å². The summed E-state index contributed by atoms with van der Waals surface area (Å²) in [7, 11) is 2.29. The molecule has 2 aromatic carbocycles. The van der Waals surface area contributed by atoms with Gasteiger partial charge in [0.2, 0.25) is 0 Å². The van der Waals surface area contributed by atoms with Crippen molar-refractivity contribution in [1.82, 2.24) is 9.78 Å². The van der Waals surface area contributed by atoms with Crippen LogP contribution in [0, 0.1) is 11.6 Å². The Kier molecular flexibility index (Phi) is 4.98. The summed E-state index contributed by atoms with van der Waals surface area (Å²) in [5.41, 5.74) is 0.144. The van der Waals surface area contributed by atoms with Gasteiger partial charge in [-0.05, 0) is 30.3 Å². The van der Waals surface area contributed by atoms with Gasteiger partial charge < -0.3 is 9.47 Å². The second-order valence-corrected chi connectivity index (χ2v) is 5.43. The van der Waals surface area contributed by atoms with Crippen molar-refractivity contribution in [2.75, 3.05) is 14.2 Å². The molecular weight excluding hydrogens is 358 g/mol. The van der Waals surface area contributed by atoms with Gasteiger partial charge in [0.25, 0.3) is 0 Å². The van der Waals surface area contributed by atoms with Crippen LogP contribution < -0.4 is 0 Å². The molecule has 0 radical (unpaired) electrons. The molecule has 0 aliphatic heterocycles. The summed E-state index contributed by atoms with van der Waals surface area (Å²) in [5, 5.41) is 4.29. The van der Waals surface area contributed by atoms with E-state index < -0.39 is 23.6 Å². The molecule has 0 unspecified atom stereocenters. The van der Waals surface area contributed by atoms with E-state index in [-0.39, 0.29) is 22.5 Å². The maximum Gasteiger partial charge on any atom is 0.357 e. The molecule has 0 spiro atoms. The predicted molar refractivity (Wildman–Crippen MR) is 91.6 cm³/mol. The van der Waals surface area contributed by atoms with Gasteiger partial charge in [-0.1, -0.05) is 18.2 Å². The maximum absolute atomic E-state index is 13.7. The van der Waals surface area contributed by atoms with Crippen molar-refractivity contribution in [3.05, 3.63) is 71.4 Å². The Balaban J connectivity index is 2.36. The first kappa shape index (κ1) is 18.2. The normalized spacial score (nSPS) is 10.5. The number of methoxy groups -OCH3 is 2. The molecule has 0 atom stereocenters. The minimum absolute atomic E-state index is 0.0370. The summed E-state index contributed by atoms with van der Waals surface area (Å²) < 4.78 is 37.8. The minimum Gasteiger partial charge on any atom is -0.465 e.